The van der Waals surface area contributed by atoms with Crippen LogP contribution in [0.15, 0.2) is 77.4 Å². The van der Waals surface area contributed by atoms with Crippen LogP contribution in [0.1, 0.15) is 15.9 Å². The van der Waals surface area contributed by atoms with E-state index in [2.05, 4.69) is 37.1 Å². The van der Waals surface area contributed by atoms with Gasteiger partial charge in [-0.25, -0.2) is 0 Å². The summed E-state index contributed by atoms with van der Waals surface area (Å²) in [6.07, 6.45) is 1.74. The Bertz CT molecular complexity index is 1200. The van der Waals surface area contributed by atoms with Crippen LogP contribution in [0.4, 0.5) is 14.6 Å². The summed E-state index contributed by atoms with van der Waals surface area (Å²) in [7, 11) is 0. The average Bonchev–Trinajstić information content (AvgIpc) is 3.16. The molecule has 0 aliphatic carbocycles. The molecule has 1 aromatic heterocycles. The van der Waals surface area contributed by atoms with Crippen molar-refractivity contribution in [3.63, 3.8) is 0 Å². The summed E-state index contributed by atoms with van der Waals surface area (Å²) in [6.45, 7) is -2.51. The average molecular weight is 472 g/mol. The molecule has 0 aliphatic rings. The third-order valence-corrected chi connectivity index (χ3v) is 4.99. The van der Waals surface area contributed by atoms with E-state index in [1.54, 1.807) is 16.9 Å². The number of carbonyl (C=O) groups excluding carboxylic acids is 1. The number of rotatable bonds is 6. The lowest BCUT2D eigenvalue weighted by Crippen LogP contribution is -2.15. The third kappa shape index (κ3) is 4.49. The maximum Gasteiger partial charge on any atom is 0.387 e. The normalized spacial score (nSPS) is 11.1. The molecular weight excluding hydrogens is 456 g/mol. The highest BCUT2D eigenvalue weighted by Crippen LogP contribution is 2.26. The van der Waals surface area contributed by atoms with Crippen LogP contribution in [-0.2, 0) is 6.54 Å². The number of fused-ring (bicyclic) bond motifs is 1. The fourth-order valence-electron chi connectivity index (χ4n) is 3.18. The molecule has 8 heteroatoms. The van der Waals surface area contributed by atoms with Crippen molar-refractivity contribution < 1.29 is 18.3 Å². The van der Waals surface area contributed by atoms with Gasteiger partial charge in [-0.1, -0.05) is 58.4 Å². The van der Waals surface area contributed by atoms with Crippen molar-refractivity contribution in [1.29, 1.82) is 0 Å². The van der Waals surface area contributed by atoms with Gasteiger partial charge in [0.2, 0.25) is 0 Å². The summed E-state index contributed by atoms with van der Waals surface area (Å²) < 4.78 is 32.0. The molecule has 5 nitrogen and oxygen atoms in total. The zero-order chi connectivity index (χ0) is 21.1. The van der Waals surface area contributed by atoms with Gasteiger partial charge in [0, 0.05) is 16.7 Å². The molecule has 0 bridgehead atoms. The largest absolute Gasteiger partial charge is 0.434 e. The Hall–Kier alpha value is -3.26. The molecule has 0 saturated heterocycles. The summed E-state index contributed by atoms with van der Waals surface area (Å²) in [5, 5.41) is 9.27. The highest BCUT2D eigenvalue weighted by molar-refractivity contribution is 9.10. The van der Waals surface area contributed by atoms with Crippen molar-refractivity contribution in [2.45, 2.75) is 13.2 Å². The van der Waals surface area contributed by atoms with Gasteiger partial charge >= 0.3 is 6.61 Å². The zero-order valence-corrected chi connectivity index (χ0v) is 17.1. The fraction of sp³-hybridized carbons (Fsp3) is 0.0909. The van der Waals surface area contributed by atoms with Crippen LogP contribution in [0.3, 0.4) is 0 Å². The molecule has 1 N–H and O–H groups in total. The van der Waals surface area contributed by atoms with E-state index in [0.29, 0.717) is 16.8 Å². The van der Waals surface area contributed by atoms with E-state index in [0.717, 1.165) is 16.3 Å². The predicted molar refractivity (Wildman–Crippen MR) is 114 cm³/mol. The molecule has 0 unspecified atom stereocenters. The molecule has 0 fully saturated rings. The molecule has 152 valence electrons. The lowest BCUT2D eigenvalue weighted by Gasteiger charge is -2.10. The molecule has 0 saturated carbocycles. The van der Waals surface area contributed by atoms with E-state index in [1.165, 1.54) is 18.2 Å². The highest BCUT2D eigenvalue weighted by atomic mass is 79.9. The highest BCUT2D eigenvalue weighted by Gasteiger charge is 2.17. The van der Waals surface area contributed by atoms with E-state index >= 15 is 0 Å². The number of ether oxygens (including phenoxy) is 1. The number of nitrogens with zero attached hydrogens (tertiary/aromatic N) is 2. The molecule has 4 rings (SSSR count). The van der Waals surface area contributed by atoms with Gasteiger partial charge < -0.3 is 10.1 Å². The van der Waals surface area contributed by atoms with Crippen LogP contribution >= 0.6 is 15.9 Å². The number of nitrogens with one attached hydrogen (secondary N) is 1. The van der Waals surface area contributed by atoms with Crippen LogP contribution < -0.4 is 10.1 Å². The van der Waals surface area contributed by atoms with Crippen molar-refractivity contribution in [2.24, 2.45) is 0 Å². The van der Waals surface area contributed by atoms with Gasteiger partial charge in [0.1, 0.15) is 5.75 Å². The predicted octanol–water partition coefficient (Wildman–Crippen LogP) is 5.70. The Morgan fingerprint density at radius 3 is 2.73 bits per heavy atom. The molecule has 0 spiro atoms. The first-order valence-electron chi connectivity index (χ1n) is 9.05. The van der Waals surface area contributed by atoms with Crippen molar-refractivity contribution in [2.75, 3.05) is 5.32 Å². The minimum absolute atomic E-state index is 0.0201. The first-order valence-corrected chi connectivity index (χ1v) is 9.85. The first-order chi connectivity index (χ1) is 14.5. The summed E-state index contributed by atoms with van der Waals surface area (Å²) in [6, 6.07) is 20.0. The number of alkyl halides is 2. The molecular formula is C22H16BrF2N3O2. The van der Waals surface area contributed by atoms with E-state index in [1.807, 2.05) is 36.4 Å². The monoisotopic (exact) mass is 471 g/mol. The summed E-state index contributed by atoms with van der Waals surface area (Å²) in [4.78, 5) is 12.6. The van der Waals surface area contributed by atoms with Gasteiger partial charge in [-0.05, 0) is 34.5 Å². The molecule has 4 aromatic rings. The number of anilines is 1. The number of carbonyl (C=O) groups is 1. The number of hydrogen-bond acceptors (Lipinski definition) is 3. The van der Waals surface area contributed by atoms with E-state index in [4.69, 9.17) is 0 Å². The quantitative estimate of drug-likeness (QED) is 0.392. The minimum Gasteiger partial charge on any atom is -0.434 e. The Labute approximate surface area is 179 Å². The molecule has 0 radical (unpaired) electrons. The van der Waals surface area contributed by atoms with Gasteiger partial charge in [-0.15, -0.1) is 0 Å². The van der Waals surface area contributed by atoms with Gasteiger partial charge in [0.05, 0.1) is 12.1 Å². The van der Waals surface area contributed by atoms with Crippen molar-refractivity contribution in [3.05, 3.63) is 88.5 Å². The van der Waals surface area contributed by atoms with E-state index in [-0.39, 0.29) is 11.3 Å². The molecule has 1 heterocycles. The Morgan fingerprint density at radius 2 is 1.90 bits per heavy atom. The second-order valence-corrected chi connectivity index (χ2v) is 7.43. The van der Waals surface area contributed by atoms with E-state index < -0.39 is 12.5 Å². The smallest absolute Gasteiger partial charge is 0.387 e. The van der Waals surface area contributed by atoms with Gasteiger partial charge in [0.25, 0.3) is 5.91 Å². The Morgan fingerprint density at radius 1 is 1.10 bits per heavy atom. The fourth-order valence-corrected chi connectivity index (χ4v) is 3.54. The summed E-state index contributed by atoms with van der Waals surface area (Å²) >= 11 is 3.23. The van der Waals surface area contributed by atoms with Crippen LogP contribution in [0.5, 0.6) is 5.75 Å². The topological polar surface area (TPSA) is 56.2 Å². The van der Waals surface area contributed by atoms with Crippen molar-refractivity contribution in [3.8, 4) is 5.75 Å². The maximum absolute atomic E-state index is 12.6. The van der Waals surface area contributed by atoms with Gasteiger partial charge in [-0.3, -0.25) is 9.48 Å². The second-order valence-electron chi connectivity index (χ2n) is 6.51. The molecule has 0 aliphatic heterocycles. The van der Waals surface area contributed by atoms with Gasteiger partial charge in [0.15, 0.2) is 5.82 Å². The van der Waals surface area contributed by atoms with Crippen molar-refractivity contribution in [1.82, 2.24) is 9.78 Å². The summed E-state index contributed by atoms with van der Waals surface area (Å²) in [5.74, 6) is -0.494. The lowest BCUT2D eigenvalue weighted by atomic mass is 10.0. The van der Waals surface area contributed by atoms with Crippen LogP contribution in [0.2, 0.25) is 0 Å². The Balaban J connectivity index is 1.52. The SMILES string of the molecule is O=C(Nc1ccn(Cc2cccc3ccccc23)n1)c1cc(Br)ccc1OC(F)F. The molecule has 1 amide bonds. The zero-order valence-electron chi connectivity index (χ0n) is 15.6. The van der Waals surface area contributed by atoms with Gasteiger partial charge in [-0.2, -0.15) is 13.9 Å². The number of aromatic nitrogens is 2. The lowest BCUT2D eigenvalue weighted by molar-refractivity contribution is -0.0501. The Kier molecular flexibility index (Phi) is 5.76. The van der Waals surface area contributed by atoms with Crippen molar-refractivity contribution >= 4 is 38.4 Å². The molecule has 30 heavy (non-hydrogen) atoms. The minimum atomic E-state index is -3.03. The van der Waals surface area contributed by atoms with E-state index in [9.17, 15) is 13.6 Å². The standard InChI is InChI=1S/C22H16BrF2N3O2/c23-16-8-9-19(30-22(24)25)18(12-16)21(29)26-20-10-11-28(27-20)13-15-6-3-5-14-4-1-2-7-17(14)15/h1-12,22H,13H2,(H,26,27,29). The molecule has 3 aromatic carbocycles. The maximum atomic E-state index is 12.6. The van der Waals surface area contributed by atoms with Crippen LogP contribution in [0, 0.1) is 0 Å². The summed E-state index contributed by atoms with van der Waals surface area (Å²) in [5.41, 5.74) is 1.07. The van der Waals surface area contributed by atoms with Crippen LogP contribution in [0.25, 0.3) is 10.8 Å². The third-order valence-electron chi connectivity index (χ3n) is 4.50. The molecule has 0 atom stereocenters. The first kappa shape index (κ1) is 20.0. The number of amides is 1. The second kappa shape index (κ2) is 8.62. The van der Waals surface area contributed by atoms with Crippen LogP contribution in [-0.4, -0.2) is 22.3 Å². The number of benzene rings is 3. The number of hydrogen-bond donors (Lipinski definition) is 1. The number of halogens is 3.